The lowest BCUT2D eigenvalue weighted by Crippen LogP contribution is -2.46. The second-order valence-electron chi connectivity index (χ2n) is 9.56. The van der Waals surface area contributed by atoms with Crippen molar-refractivity contribution >= 4 is 42.5 Å². The first-order valence-corrected chi connectivity index (χ1v) is 15.0. The first-order chi connectivity index (χ1) is 18.4. The van der Waals surface area contributed by atoms with Gasteiger partial charge in [0.15, 0.2) is 0 Å². The molecule has 1 aliphatic rings. The smallest absolute Gasteiger partial charge is 0.393 e. The SMILES string of the molecule is COc1cc([S@](C)(=N)=O)ccc1NCC#Cc1sc2c(N[C@H]3CCN(C)C[C@@H]3F)cccc2c1CC(F)(F)F. The van der Waals surface area contributed by atoms with E-state index >= 15 is 0 Å². The molecule has 2 heterocycles. The van der Waals surface area contributed by atoms with Crippen LogP contribution in [-0.2, 0) is 16.1 Å². The summed E-state index contributed by atoms with van der Waals surface area (Å²) in [5, 5.41) is 6.75. The number of anilines is 2. The van der Waals surface area contributed by atoms with Gasteiger partial charge in [-0.1, -0.05) is 24.0 Å². The first-order valence-electron chi connectivity index (χ1n) is 12.2. The molecule has 0 aliphatic carbocycles. The molecule has 3 atom stereocenters. The minimum absolute atomic E-state index is 0.105. The molecule has 6 nitrogen and oxygen atoms in total. The maximum Gasteiger partial charge on any atom is 0.393 e. The van der Waals surface area contributed by atoms with E-state index in [9.17, 15) is 21.8 Å². The Morgan fingerprint density at radius 2 is 2.03 bits per heavy atom. The molecule has 3 N–H and O–H groups in total. The zero-order chi connectivity index (χ0) is 28.4. The highest BCUT2D eigenvalue weighted by molar-refractivity contribution is 7.91. The summed E-state index contributed by atoms with van der Waals surface area (Å²) in [6.07, 6.45) is -4.72. The molecule has 0 saturated carbocycles. The van der Waals surface area contributed by atoms with Gasteiger partial charge in [0.25, 0.3) is 0 Å². The summed E-state index contributed by atoms with van der Waals surface area (Å²) in [7, 11) is 0.385. The molecule has 0 unspecified atom stereocenters. The third kappa shape index (κ3) is 7.15. The van der Waals surface area contributed by atoms with Crippen molar-refractivity contribution in [2.45, 2.75) is 36.1 Å². The van der Waals surface area contributed by atoms with Gasteiger partial charge < -0.3 is 20.3 Å². The minimum atomic E-state index is -4.42. The molecule has 1 saturated heterocycles. The highest BCUT2D eigenvalue weighted by atomic mass is 32.2. The molecule has 1 fully saturated rings. The lowest BCUT2D eigenvalue weighted by Gasteiger charge is -2.33. The second-order valence-corrected chi connectivity index (χ2v) is 12.7. The summed E-state index contributed by atoms with van der Waals surface area (Å²) in [6, 6.07) is 9.37. The van der Waals surface area contributed by atoms with Gasteiger partial charge in [-0.2, -0.15) is 13.2 Å². The number of hydrogen-bond donors (Lipinski definition) is 3. The zero-order valence-electron chi connectivity index (χ0n) is 21.7. The van der Waals surface area contributed by atoms with Crippen molar-refractivity contribution < 1.29 is 26.5 Å². The van der Waals surface area contributed by atoms with Gasteiger partial charge in [-0.05, 0) is 48.7 Å². The number of ether oxygens (including phenoxy) is 1. The molecular weight excluding hydrogens is 552 g/mol. The lowest BCUT2D eigenvalue weighted by atomic mass is 10.0. The van der Waals surface area contributed by atoms with Crippen LogP contribution in [0.1, 0.15) is 16.9 Å². The number of alkyl halides is 4. The number of thiophene rings is 1. The fourth-order valence-corrected chi connectivity index (χ4v) is 6.33. The van der Waals surface area contributed by atoms with Gasteiger partial charge in [-0.15, -0.1) is 11.3 Å². The van der Waals surface area contributed by atoms with E-state index in [1.54, 1.807) is 30.3 Å². The summed E-state index contributed by atoms with van der Waals surface area (Å²) in [6.45, 7) is 1.15. The van der Waals surface area contributed by atoms with E-state index in [-0.39, 0.29) is 12.1 Å². The van der Waals surface area contributed by atoms with E-state index in [1.165, 1.54) is 30.8 Å². The number of fused-ring (bicyclic) bond motifs is 1. The molecule has 1 aromatic heterocycles. The van der Waals surface area contributed by atoms with Gasteiger partial charge in [-0.25, -0.2) is 13.4 Å². The van der Waals surface area contributed by atoms with Crippen LogP contribution in [0.4, 0.5) is 28.9 Å². The summed E-state index contributed by atoms with van der Waals surface area (Å²) in [4.78, 5) is 2.54. The Morgan fingerprint density at radius 3 is 2.69 bits per heavy atom. The van der Waals surface area contributed by atoms with Gasteiger partial charge >= 0.3 is 6.18 Å². The predicted molar refractivity (Wildman–Crippen MR) is 149 cm³/mol. The van der Waals surface area contributed by atoms with Crippen LogP contribution in [0.25, 0.3) is 10.1 Å². The molecule has 12 heteroatoms. The Morgan fingerprint density at radius 1 is 1.26 bits per heavy atom. The average Bonchev–Trinajstić information content (AvgIpc) is 3.19. The number of nitrogens with one attached hydrogen (secondary N) is 3. The van der Waals surface area contributed by atoms with Crippen LogP contribution in [0.5, 0.6) is 5.75 Å². The molecule has 0 amide bonds. The minimum Gasteiger partial charge on any atom is -0.495 e. The number of methoxy groups -OCH3 is 1. The van der Waals surface area contributed by atoms with Gasteiger partial charge in [0, 0.05) is 19.3 Å². The number of nitrogens with zero attached hydrogens (tertiary/aromatic N) is 1. The molecule has 210 valence electrons. The average molecular weight is 583 g/mol. The van der Waals surface area contributed by atoms with Crippen molar-refractivity contribution in [1.29, 1.82) is 4.78 Å². The summed E-state index contributed by atoms with van der Waals surface area (Å²) >= 11 is 1.17. The molecular formula is C27H30F4N4O2S2. The number of piperidine rings is 1. The van der Waals surface area contributed by atoms with E-state index in [4.69, 9.17) is 9.52 Å². The molecule has 39 heavy (non-hydrogen) atoms. The van der Waals surface area contributed by atoms with Gasteiger partial charge in [0.05, 0.1) is 61.7 Å². The highest BCUT2D eigenvalue weighted by Crippen LogP contribution is 2.39. The van der Waals surface area contributed by atoms with Crippen LogP contribution in [0.3, 0.4) is 0 Å². The Labute approximate surface area is 229 Å². The number of hydrogen-bond acceptors (Lipinski definition) is 7. The largest absolute Gasteiger partial charge is 0.495 e. The lowest BCUT2D eigenvalue weighted by molar-refractivity contribution is -0.126. The number of halogens is 4. The number of benzene rings is 2. The van der Waals surface area contributed by atoms with E-state index < -0.39 is 34.5 Å². The fourth-order valence-electron chi connectivity index (χ4n) is 4.50. The van der Waals surface area contributed by atoms with Gasteiger partial charge in [0.2, 0.25) is 0 Å². The Kier molecular flexibility index (Phi) is 8.63. The van der Waals surface area contributed by atoms with Crippen LogP contribution >= 0.6 is 11.3 Å². The monoisotopic (exact) mass is 582 g/mol. The Bertz CT molecular complexity index is 1510. The summed E-state index contributed by atoms with van der Waals surface area (Å²) < 4.78 is 80.9. The third-order valence-corrected chi connectivity index (χ3v) is 8.82. The van der Waals surface area contributed by atoms with Crippen LogP contribution < -0.4 is 15.4 Å². The van der Waals surface area contributed by atoms with Crippen molar-refractivity contribution in [2.24, 2.45) is 0 Å². The van der Waals surface area contributed by atoms with Gasteiger partial charge in [0.1, 0.15) is 11.9 Å². The standard InChI is InChI=1S/C27H30F4N4O2S2/c1-35-13-11-21(20(28)16-35)34-23-7-4-6-18-19(15-27(29,30)31)25(38-26(18)23)8-5-12-33-22-10-9-17(39(3,32)36)14-24(22)37-2/h4,6-7,9-10,14,20-21,32-34H,11-13,15-16H2,1-3H3/t20-,21-,39+/m0/s1. The fraction of sp³-hybridized carbons (Fsp3) is 0.407. The number of likely N-dealkylation sites (tertiary alicyclic amines) is 1. The maximum absolute atomic E-state index is 14.7. The van der Waals surface area contributed by atoms with Crippen LogP contribution in [0.15, 0.2) is 41.3 Å². The normalized spacial score (nSPS) is 19.7. The van der Waals surface area contributed by atoms with Crippen molar-refractivity contribution in [3.63, 3.8) is 0 Å². The van der Waals surface area contributed by atoms with E-state index in [2.05, 4.69) is 22.5 Å². The van der Waals surface area contributed by atoms with Crippen molar-refractivity contribution in [1.82, 2.24) is 4.90 Å². The quantitative estimate of drug-likeness (QED) is 0.237. The molecule has 0 spiro atoms. The zero-order valence-corrected chi connectivity index (χ0v) is 23.4. The van der Waals surface area contributed by atoms with E-state index in [1.807, 2.05) is 11.9 Å². The predicted octanol–water partition coefficient (Wildman–Crippen LogP) is 5.97. The number of rotatable bonds is 7. The molecule has 4 rings (SSSR count). The Balaban J connectivity index is 1.61. The van der Waals surface area contributed by atoms with Crippen LogP contribution in [0.2, 0.25) is 0 Å². The highest BCUT2D eigenvalue weighted by Gasteiger charge is 2.32. The molecule has 1 aliphatic heterocycles. The summed E-state index contributed by atoms with van der Waals surface area (Å²) in [5.41, 5.74) is 1.27. The van der Waals surface area contributed by atoms with E-state index in [0.29, 0.717) is 49.9 Å². The summed E-state index contributed by atoms with van der Waals surface area (Å²) in [5.74, 6) is 6.17. The topological polar surface area (TPSA) is 77.4 Å². The maximum atomic E-state index is 14.7. The first kappa shape index (κ1) is 29.0. The van der Waals surface area contributed by atoms with Crippen molar-refractivity contribution in [3.05, 3.63) is 46.8 Å². The van der Waals surface area contributed by atoms with Crippen molar-refractivity contribution in [3.8, 4) is 17.6 Å². The van der Waals surface area contributed by atoms with Gasteiger partial charge in [-0.3, -0.25) is 0 Å². The third-order valence-electron chi connectivity index (χ3n) is 6.47. The Hall–Kier alpha value is -3.01. The van der Waals surface area contributed by atoms with Crippen molar-refractivity contribution in [2.75, 3.05) is 50.7 Å². The van der Waals surface area contributed by atoms with E-state index in [0.717, 1.165) is 6.54 Å². The second kappa shape index (κ2) is 11.6. The van der Waals surface area contributed by atoms with Crippen LogP contribution in [0, 0.1) is 16.6 Å². The van der Waals surface area contributed by atoms with Crippen LogP contribution in [-0.4, -0.2) is 67.5 Å². The molecule has 2 aromatic carbocycles. The molecule has 3 aromatic rings. The molecule has 0 radical (unpaired) electrons. The molecule has 0 bridgehead atoms.